The molecule has 1 N–H and O–H groups in total. The van der Waals surface area contributed by atoms with Crippen LogP contribution >= 0.6 is 0 Å². The Morgan fingerprint density at radius 2 is 1.94 bits per heavy atom. The van der Waals surface area contributed by atoms with Crippen LogP contribution in [0.25, 0.3) is 5.65 Å². The molecule has 168 valence electrons. The maximum Gasteiger partial charge on any atom is 0.417 e. The fraction of sp³-hybridized carbons (Fsp3) is 0.400. The Morgan fingerprint density at radius 3 is 2.66 bits per heavy atom. The molecule has 4 heterocycles. The van der Waals surface area contributed by atoms with Gasteiger partial charge in [0.25, 0.3) is 5.91 Å². The van der Waals surface area contributed by atoms with Gasteiger partial charge < -0.3 is 14.2 Å². The van der Waals surface area contributed by atoms with Crippen LogP contribution in [0.4, 0.5) is 23.7 Å². The summed E-state index contributed by atoms with van der Waals surface area (Å²) in [5.74, 6) is -0.0911. The molecule has 1 aliphatic carbocycles. The number of hydrogen-bond donors (Lipinski definition) is 1. The van der Waals surface area contributed by atoms with Gasteiger partial charge in [-0.25, -0.2) is 9.31 Å². The van der Waals surface area contributed by atoms with Crippen molar-refractivity contribution in [2.45, 2.75) is 25.1 Å². The fourth-order valence-electron chi connectivity index (χ4n) is 4.49. The van der Waals surface area contributed by atoms with E-state index in [0.717, 1.165) is 17.9 Å². The SMILES string of the molecule is Cn1ccn2ncc(C(=O)N3CC4(CC(OC(=O)Nc5cncc(C(F)(F)F)c5)C4)C3)c12. The van der Waals surface area contributed by atoms with Crippen LogP contribution in [-0.4, -0.2) is 55.3 Å². The molecule has 0 aromatic carbocycles. The highest BCUT2D eigenvalue weighted by Crippen LogP contribution is 2.50. The van der Waals surface area contributed by atoms with Gasteiger partial charge in [-0.15, -0.1) is 0 Å². The smallest absolute Gasteiger partial charge is 0.417 e. The maximum absolute atomic E-state index is 12.8. The van der Waals surface area contributed by atoms with Crippen LogP contribution in [0.15, 0.2) is 37.1 Å². The number of carbonyl (C=O) groups excluding carboxylic acids is 2. The number of amides is 2. The third-order valence-corrected chi connectivity index (χ3v) is 6.01. The van der Waals surface area contributed by atoms with E-state index >= 15 is 0 Å². The topological polar surface area (TPSA) is 93.8 Å². The number of halogens is 3. The molecule has 0 bridgehead atoms. The van der Waals surface area contributed by atoms with E-state index in [1.165, 1.54) is 0 Å². The van der Waals surface area contributed by atoms with Gasteiger partial charge in [0, 0.05) is 44.1 Å². The molecule has 0 atom stereocenters. The first-order valence-electron chi connectivity index (χ1n) is 9.91. The highest BCUT2D eigenvalue weighted by Gasteiger charge is 2.55. The molecule has 1 spiro atoms. The quantitative estimate of drug-likeness (QED) is 0.665. The maximum atomic E-state index is 12.8. The molecule has 3 aromatic rings. The summed E-state index contributed by atoms with van der Waals surface area (Å²) in [4.78, 5) is 30.1. The Bertz CT molecular complexity index is 1200. The Balaban J connectivity index is 1.12. The summed E-state index contributed by atoms with van der Waals surface area (Å²) in [6, 6.07) is 0.798. The lowest BCUT2D eigenvalue weighted by Crippen LogP contribution is -2.65. The summed E-state index contributed by atoms with van der Waals surface area (Å²) in [6.45, 7) is 1.12. The zero-order chi connectivity index (χ0) is 22.7. The summed E-state index contributed by atoms with van der Waals surface area (Å²) in [5.41, 5.74) is 0.134. The van der Waals surface area contributed by atoms with Gasteiger partial charge >= 0.3 is 12.3 Å². The number of carbonyl (C=O) groups is 2. The first kappa shape index (κ1) is 20.3. The minimum atomic E-state index is -4.55. The first-order chi connectivity index (χ1) is 15.1. The standard InChI is InChI=1S/C20H19F3N6O3/c1-27-2-3-29-16(27)15(9-25-29)17(30)28-10-19(11-28)5-14(6-19)32-18(31)26-13-4-12(7-24-8-13)20(21,22)23/h2-4,7-9,14H,5-6,10-11H2,1H3,(H,26,31). The molecular weight excluding hydrogens is 429 g/mol. The number of aromatic nitrogens is 4. The summed E-state index contributed by atoms with van der Waals surface area (Å²) in [7, 11) is 1.85. The average molecular weight is 448 g/mol. The predicted octanol–water partition coefficient (Wildman–Crippen LogP) is 2.94. The van der Waals surface area contributed by atoms with Gasteiger partial charge in [-0.2, -0.15) is 18.3 Å². The second kappa shape index (κ2) is 6.97. The van der Waals surface area contributed by atoms with Gasteiger partial charge in [0.1, 0.15) is 17.3 Å². The summed E-state index contributed by atoms with van der Waals surface area (Å²) < 4.78 is 47.0. The van der Waals surface area contributed by atoms with E-state index in [2.05, 4.69) is 15.4 Å². The number of fused-ring (bicyclic) bond motifs is 1. The number of imidazole rings is 1. The third-order valence-electron chi connectivity index (χ3n) is 6.01. The largest absolute Gasteiger partial charge is 0.446 e. The molecule has 2 fully saturated rings. The number of likely N-dealkylation sites (tertiary alicyclic amines) is 1. The van der Waals surface area contributed by atoms with E-state index in [0.29, 0.717) is 37.7 Å². The monoisotopic (exact) mass is 448 g/mol. The number of hydrogen-bond acceptors (Lipinski definition) is 5. The van der Waals surface area contributed by atoms with Gasteiger partial charge in [0.05, 0.1) is 23.6 Å². The second-order valence-corrected chi connectivity index (χ2v) is 8.42. The lowest BCUT2D eigenvalue weighted by Gasteiger charge is -2.58. The number of nitrogens with one attached hydrogen (secondary N) is 1. The number of alkyl halides is 3. The van der Waals surface area contributed by atoms with E-state index in [1.807, 2.05) is 17.8 Å². The van der Waals surface area contributed by atoms with Crippen molar-refractivity contribution in [2.75, 3.05) is 18.4 Å². The molecule has 2 aliphatic rings. The summed E-state index contributed by atoms with van der Waals surface area (Å²) >= 11 is 0. The minimum absolute atomic E-state index is 0.0845. The van der Waals surface area contributed by atoms with Crippen molar-refractivity contribution in [2.24, 2.45) is 12.5 Å². The van der Waals surface area contributed by atoms with Crippen LogP contribution in [0.3, 0.4) is 0 Å². The van der Waals surface area contributed by atoms with Crippen molar-refractivity contribution >= 4 is 23.3 Å². The number of aryl methyl sites for hydroxylation is 1. The van der Waals surface area contributed by atoms with E-state index < -0.39 is 17.8 Å². The number of pyridine rings is 1. The van der Waals surface area contributed by atoms with Crippen LogP contribution in [-0.2, 0) is 18.0 Å². The number of ether oxygens (including phenoxy) is 1. The highest BCUT2D eigenvalue weighted by atomic mass is 19.4. The van der Waals surface area contributed by atoms with Crippen LogP contribution in [0.5, 0.6) is 0 Å². The molecule has 0 unspecified atom stereocenters. The second-order valence-electron chi connectivity index (χ2n) is 8.42. The molecule has 9 nitrogen and oxygen atoms in total. The lowest BCUT2D eigenvalue weighted by atomic mass is 9.61. The molecule has 1 aliphatic heterocycles. The van der Waals surface area contributed by atoms with Gasteiger partial charge in [-0.1, -0.05) is 0 Å². The average Bonchev–Trinajstić information content (AvgIpc) is 3.25. The van der Waals surface area contributed by atoms with Crippen LogP contribution in [0.1, 0.15) is 28.8 Å². The lowest BCUT2D eigenvalue weighted by molar-refractivity contribution is -0.137. The number of rotatable bonds is 3. The molecular formula is C20H19F3N6O3. The first-order valence-corrected chi connectivity index (χ1v) is 9.91. The van der Waals surface area contributed by atoms with Gasteiger partial charge in [-0.05, 0) is 18.9 Å². The van der Waals surface area contributed by atoms with Crippen LogP contribution in [0.2, 0.25) is 0 Å². The molecule has 12 heteroatoms. The Kier molecular flexibility index (Phi) is 4.43. The van der Waals surface area contributed by atoms with Gasteiger partial charge in [0.15, 0.2) is 0 Å². The van der Waals surface area contributed by atoms with E-state index in [4.69, 9.17) is 4.74 Å². The highest BCUT2D eigenvalue weighted by molar-refractivity contribution is 6.00. The zero-order valence-electron chi connectivity index (χ0n) is 17.0. The Hall–Kier alpha value is -3.57. The van der Waals surface area contributed by atoms with Crippen molar-refractivity contribution in [1.29, 1.82) is 0 Å². The normalized spacial score (nSPS) is 17.8. The molecule has 3 aromatic heterocycles. The molecule has 0 radical (unpaired) electrons. The summed E-state index contributed by atoms with van der Waals surface area (Å²) in [5, 5.41) is 6.47. The van der Waals surface area contributed by atoms with E-state index in [-0.39, 0.29) is 23.1 Å². The molecule has 1 saturated carbocycles. The minimum Gasteiger partial charge on any atom is -0.446 e. The van der Waals surface area contributed by atoms with Crippen LogP contribution in [0, 0.1) is 5.41 Å². The molecule has 2 amide bonds. The molecule has 1 saturated heterocycles. The molecule has 32 heavy (non-hydrogen) atoms. The number of anilines is 1. The predicted molar refractivity (Wildman–Crippen MR) is 105 cm³/mol. The third kappa shape index (κ3) is 3.45. The number of nitrogens with zero attached hydrogens (tertiary/aromatic N) is 5. The Morgan fingerprint density at radius 1 is 1.19 bits per heavy atom. The van der Waals surface area contributed by atoms with Crippen LogP contribution < -0.4 is 5.32 Å². The van der Waals surface area contributed by atoms with Gasteiger partial charge in [0.2, 0.25) is 0 Å². The van der Waals surface area contributed by atoms with Crippen molar-refractivity contribution in [3.63, 3.8) is 0 Å². The zero-order valence-corrected chi connectivity index (χ0v) is 17.0. The Labute approximate surface area is 179 Å². The van der Waals surface area contributed by atoms with Crippen molar-refractivity contribution in [3.8, 4) is 0 Å². The fourth-order valence-corrected chi connectivity index (χ4v) is 4.49. The van der Waals surface area contributed by atoms with E-state index in [9.17, 15) is 22.8 Å². The molecule has 5 rings (SSSR count). The van der Waals surface area contributed by atoms with Crippen molar-refractivity contribution < 1.29 is 27.5 Å². The summed E-state index contributed by atoms with van der Waals surface area (Å²) in [6.07, 6.45) is 2.43. The van der Waals surface area contributed by atoms with E-state index in [1.54, 1.807) is 21.8 Å². The van der Waals surface area contributed by atoms with Crippen molar-refractivity contribution in [1.82, 2.24) is 24.1 Å². The van der Waals surface area contributed by atoms with Crippen molar-refractivity contribution in [3.05, 3.63) is 48.2 Å². The van der Waals surface area contributed by atoms with Gasteiger partial charge in [-0.3, -0.25) is 15.1 Å².